The van der Waals surface area contributed by atoms with Crippen LogP contribution in [-0.4, -0.2) is 61.1 Å². The maximum Gasteiger partial charge on any atom is 0.266 e. The second-order valence-corrected chi connectivity index (χ2v) is 6.59. The van der Waals surface area contributed by atoms with Crippen LogP contribution in [0.3, 0.4) is 0 Å². The van der Waals surface area contributed by atoms with Crippen LogP contribution >= 0.6 is 0 Å². The van der Waals surface area contributed by atoms with Gasteiger partial charge in [0.1, 0.15) is 11.6 Å². The number of nitrogens with zero attached hydrogens (tertiary/aromatic N) is 3. The van der Waals surface area contributed by atoms with E-state index in [0.717, 1.165) is 38.4 Å². The van der Waals surface area contributed by atoms with Crippen LogP contribution in [0.2, 0.25) is 0 Å². The molecule has 0 atom stereocenters. The van der Waals surface area contributed by atoms with Crippen LogP contribution in [0.1, 0.15) is 19.4 Å². The fourth-order valence-electron chi connectivity index (χ4n) is 2.79. The Morgan fingerprint density at radius 3 is 2.65 bits per heavy atom. The molecule has 1 aliphatic rings. The van der Waals surface area contributed by atoms with Crippen LogP contribution in [0.25, 0.3) is 0 Å². The Labute approximate surface area is 156 Å². The average Bonchev–Trinajstić information content (AvgIpc) is 2.67. The monoisotopic (exact) mass is 356 g/mol. The Kier molecular flexibility index (Phi) is 8.13. The molecule has 0 unspecified atom stereocenters. The number of ether oxygens (including phenoxy) is 1. The van der Waals surface area contributed by atoms with Gasteiger partial charge >= 0.3 is 0 Å². The van der Waals surface area contributed by atoms with E-state index in [1.807, 2.05) is 50.2 Å². The fourth-order valence-corrected chi connectivity index (χ4v) is 2.79. The summed E-state index contributed by atoms with van der Waals surface area (Å²) in [7, 11) is 0. The number of carbonyl (C=O) groups is 1. The topological polar surface area (TPSA) is 68.6 Å². The van der Waals surface area contributed by atoms with Gasteiger partial charge in [-0.1, -0.05) is 30.3 Å². The molecular weight excluding hydrogens is 328 g/mol. The predicted molar refractivity (Wildman–Crippen MR) is 101 cm³/mol. The highest BCUT2D eigenvalue weighted by Gasteiger charge is 2.21. The summed E-state index contributed by atoms with van der Waals surface area (Å²) in [5.41, 5.74) is 1.18. The summed E-state index contributed by atoms with van der Waals surface area (Å²) >= 11 is 0. The third kappa shape index (κ3) is 6.17. The highest BCUT2D eigenvalue weighted by Crippen LogP contribution is 2.12. The molecule has 1 saturated heterocycles. The molecule has 1 aromatic carbocycles. The minimum absolute atomic E-state index is 0.00723. The van der Waals surface area contributed by atoms with Gasteiger partial charge in [0.15, 0.2) is 0 Å². The van der Waals surface area contributed by atoms with Crippen molar-refractivity contribution < 1.29 is 9.53 Å². The first-order valence-corrected chi connectivity index (χ1v) is 9.10. The molecule has 26 heavy (non-hydrogen) atoms. The number of benzene rings is 1. The molecule has 1 fully saturated rings. The van der Waals surface area contributed by atoms with Gasteiger partial charge in [0.25, 0.3) is 5.91 Å². The molecule has 2 rings (SSSR count). The van der Waals surface area contributed by atoms with Crippen molar-refractivity contribution in [1.82, 2.24) is 15.1 Å². The van der Waals surface area contributed by atoms with E-state index < -0.39 is 0 Å². The number of hydrogen-bond donors (Lipinski definition) is 1. The van der Waals surface area contributed by atoms with Gasteiger partial charge in [0.05, 0.1) is 13.2 Å². The van der Waals surface area contributed by atoms with Crippen molar-refractivity contribution in [3.8, 4) is 6.07 Å². The number of hydrogen-bond acceptors (Lipinski definition) is 5. The minimum atomic E-state index is -0.245. The summed E-state index contributed by atoms with van der Waals surface area (Å²) in [6.45, 7) is 9.35. The first-order valence-electron chi connectivity index (χ1n) is 9.10. The van der Waals surface area contributed by atoms with E-state index in [1.165, 1.54) is 0 Å². The first kappa shape index (κ1) is 20.0. The molecule has 0 spiro atoms. The van der Waals surface area contributed by atoms with E-state index in [0.29, 0.717) is 13.1 Å². The van der Waals surface area contributed by atoms with Gasteiger partial charge in [0.2, 0.25) is 0 Å². The maximum atomic E-state index is 12.8. The van der Waals surface area contributed by atoms with E-state index in [-0.39, 0.29) is 17.5 Å². The molecule has 1 heterocycles. The third-order valence-corrected chi connectivity index (χ3v) is 4.35. The van der Waals surface area contributed by atoms with Gasteiger partial charge in [-0.05, 0) is 19.4 Å². The van der Waals surface area contributed by atoms with E-state index >= 15 is 0 Å². The lowest BCUT2D eigenvalue weighted by Gasteiger charge is -2.27. The van der Waals surface area contributed by atoms with Gasteiger partial charge in [-0.25, -0.2) is 0 Å². The number of morpholine rings is 1. The van der Waals surface area contributed by atoms with Crippen LogP contribution in [-0.2, 0) is 16.1 Å². The van der Waals surface area contributed by atoms with Gasteiger partial charge in [0, 0.05) is 45.0 Å². The molecule has 0 saturated carbocycles. The van der Waals surface area contributed by atoms with Crippen molar-refractivity contribution in [2.75, 3.05) is 39.4 Å². The maximum absolute atomic E-state index is 12.8. The zero-order chi connectivity index (χ0) is 18.8. The zero-order valence-corrected chi connectivity index (χ0v) is 15.6. The lowest BCUT2D eigenvalue weighted by molar-refractivity contribution is -0.129. The van der Waals surface area contributed by atoms with Crippen LogP contribution in [0.4, 0.5) is 0 Å². The number of nitriles is 1. The summed E-state index contributed by atoms with van der Waals surface area (Å²) < 4.78 is 5.32. The van der Waals surface area contributed by atoms with E-state index in [1.54, 1.807) is 11.1 Å². The summed E-state index contributed by atoms with van der Waals surface area (Å²) in [6, 6.07) is 11.9. The second kappa shape index (κ2) is 10.6. The quantitative estimate of drug-likeness (QED) is 0.437. The molecule has 1 aromatic rings. The Hall–Kier alpha value is -2.36. The summed E-state index contributed by atoms with van der Waals surface area (Å²) in [5.74, 6) is -0.245. The third-order valence-electron chi connectivity index (χ3n) is 4.35. The van der Waals surface area contributed by atoms with Gasteiger partial charge in [-0.2, -0.15) is 5.26 Å². The van der Waals surface area contributed by atoms with Crippen LogP contribution in [0, 0.1) is 11.3 Å². The Morgan fingerprint density at radius 2 is 2.04 bits per heavy atom. The number of rotatable bonds is 8. The molecule has 1 amide bonds. The van der Waals surface area contributed by atoms with Crippen molar-refractivity contribution >= 4 is 5.91 Å². The molecule has 0 radical (unpaired) electrons. The van der Waals surface area contributed by atoms with Crippen molar-refractivity contribution in [2.45, 2.75) is 26.4 Å². The summed E-state index contributed by atoms with van der Waals surface area (Å²) in [5, 5.41) is 12.5. The normalized spacial score (nSPS) is 15.5. The summed E-state index contributed by atoms with van der Waals surface area (Å²) in [6.07, 6.45) is 1.54. The Morgan fingerprint density at radius 1 is 1.35 bits per heavy atom. The van der Waals surface area contributed by atoms with Crippen molar-refractivity contribution in [3.63, 3.8) is 0 Å². The standard InChI is InChI=1S/C20H28N4O2/c1-17(2)24(16-18-6-4-3-5-7-18)20(25)19(14-21)15-22-8-9-23-10-12-26-13-11-23/h3-7,15,17,22H,8-13,16H2,1-2H3/b19-15-. The van der Waals surface area contributed by atoms with Crippen LogP contribution in [0.15, 0.2) is 42.1 Å². The minimum Gasteiger partial charge on any atom is -0.388 e. The van der Waals surface area contributed by atoms with Crippen LogP contribution < -0.4 is 5.32 Å². The van der Waals surface area contributed by atoms with Crippen molar-refractivity contribution in [1.29, 1.82) is 5.26 Å². The smallest absolute Gasteiger partial charge is 0.266 e. The number of carbonyl (C=O) groups excluding carboxylic acids is 1. The van der Waals surface area contributed by atoms with Gasteiger partial charge in [-0.15, -0.1) is 0 Å². The van der Waals surface area contributed by atoms with Crippen molar-refractivity contribution in [3.05, 3.63) is 47.7 Å². The number of amides is 1. The predicted octanol–water partition coefficient (Wildman–Crippen LogP) is 1.75. The number of nitrogens with one attached hydrogen (secondary N) is 1. The molecule has 6 nitrogen and oxygen atoms in total. The van der Waals surface area contributed by atoms with Crippen LogP contribution in [0.5, 0.6) is 0 Å². The Balaban J connectivity index is 1.92. The van der Waals surface area contributed by atoms with E-state index in [4.69, 9.17) is 4.74 Å². The lowest BCUT2D eigenvalue weighted by atomic mass is 10.1. The molecule has 140 valence electrons. The molecule has 1 N–H and O–H groups in total. The molecule has 6 heteroatoms. The molecule has 0 aromatic heterocycles. The SMILES string of the molecule is CC(C)N(Cc1ccccc1)C(=O)/C(C#N)=C\NCCN1CCOCC1. The highest BCUT2D eigenvalue weighted by atomic mass is 16.5. The lowest BCUT2D eigenvalue weighted by Crippen LogP contribution is -2.40. The molecular formula is C20H28N4O2. The highest BCUT2D eigenvalue weighted by molar-refractivity contribution is 5.97. The fraction of sp³-hybridized carbons (Fsp3) is 0.500. The van der Waals surface area contributed by atoms with E-state index in [2.05, 4.69) is 10.2 Å². The van der Waals surface area contributed by atoms with Gasteiger partial charge in [-0.3, -0.25) is 9.69 Å². The average molecular weight is 356 g/mol. The first-order chi connectivity index (χ1) is 12.6. The van der Waals surface area contributed by atoms with E-state index in [9.17, 15) is 10.1 Å². The van der Waals surface area contributed by atoms with Crippen molar-refractivity contribution in [2.24, 2.45) is 0 Å². The second-order valence-electron chi connectivity index (χ2n) is 6.59. The molecule has 0 bridgehead atoms. The molecule has 1 aliphatic heterocycles. The summed E-state index contributed by atoms with van der Waals surface area (Å²) in [4.78, 5) is 16.8. The zero-order valence-electron chi connectivity index (χ0n) is 15.6. The van der Waals surface area contributed by atoms with Gasteiger partial charge < -0.3 is 15.0 Å². The Bertz CT molecular complexity index is 631. The largest absolute Gasteiger partial charge is 0.388 e. The molecule has 0 aliphatic carbocycles.